The van der Waals surface area contributed by atoms with E-state index in [9.17, 15) is 19.5 Å². The van der Waals surface area contributed by atoms with Crippen LogP contribution in [0.3, 0.4) is 0 Å². The molecule has 4 rings (SSSR count). The van der Waals surface area contributed by atoms with Gasteiger partial charge in [-0.25, -0.2) is 9.59 Å². The van der Waals surface area contributed by atoms with Gasteiger partial charge < -0.3 is 24.4 Å². The second kappa shape index (κ2) is 11.4. The lowest BCUT2D eigenvalue weighted by Gasteiger charge is -2.56. The number of nitrogens with zero attached hydrogens (tertiary/aromatic N) is 3. The Hall–Kier alpha value is -3.07. The molecule has 2 heterocycles. The number of likely N-dealkylation sites (tertiary alicyclic amines) is 2. The zero-order valence-corrected chi connectivity index (χ0v) is 22.8. The fourth-order valence-electron chi connectivity index (χ4n) is 5.88. The summed E-state index contributed by atoms with van der Waals surface area (Å²) in [7, 11) is 0. The van der Waals surface area contributed by atoms with Crippen molar-refractivity contribution in [3.8, 4) is 0 Å². The molecule has 2 atom stereocenters. The molecule has 1 aliphatic carbocycles. The highest BCUT2D eigenvalue weighted by molar-refractivity contribution is 5.73. The number of carbonyl (C=O) groups is 3. The van der Waals surface area contributed by atoms with Gasteiger partial charge in [0.2, 0.25) is 0 Å². The summed E-state index contributed by atoms with van der Waals surface area (Å²) in [4.78, 5) is 42.7. The first-order valence-electron chi connectivity index (χ1n) is 13.6. The van der Waals surface area contributed by atoms with Crippen LogP contribution in [0.1, 0.15) is 57.9 Å². The van der Waals surface area contributed by atoms with Crippen LogP contribution in [0.4, 0.5) is 9.59 Å². The van der Waals surface area contributed by atoms with Gasteiger partial charge in [0, 0.05) is 31.6 Å². The summed E-state index contributed by atoms with van der Waals surface area (Å²) in [5, 5.41) is 9.44. The molecule has 2 saturated heterocycles. The van der Waals surface area contributed by atoms with Crippen LogP contribution in [0.5, 0.6) is 0 Å². The van der Waals surface area contributed by atoms with E-state index in [1.54, 1.807) is 6.08 Å². The molecular weight excluding hydrogens is 486 g/mol. The summed E-state index contributed by atoms with van der Waals surface area (Å²) in [6.07, 6.45) is 3.13. The lowest BCUT2D eigenvalue weighted by molar-refractivity contribution is -0.163. The largest absolute Gasteiger partial charge is 0.465 e. The van der Waals surface area contributed by atoms with Crippen molar-refractivity contribution in [1.82, 2.24) is 14.7 Å². The third kappa shape index (κ3) is 6.67. The molecule has 208 valence electrons. The van der Waals surface area contributed by atoms with Crippen LogP contribution in [0.25, 0.3) is 0 Å². The van der Waals surface area contributed by atoms with E-state index in [0.717, 1.165) is 32.4 Å². The van der Waals surface area contributed by atoms with Gasteiger partial charge in [-0.1, -0.05) is 43.0 Å². The maximum absolute atomic E-state index is 13.0. The molecule has 1 aromatic carbocycles. The van der Waals surface area contributed by atoms with Crippen molar-refractivity contribution in [3.63, 3.8) is 0 Å². The first kappa shape index (κ1) is 28.0. The minimum Gasteiger partial charge on any atom is -0.465 e. The zero-order chi connectivity index (χ0) is 27.5. The molecule has 1 N–H and O–H groups in total. The molecule has 2 amide bonds. The van der Waals surface area contributed by atoms with Gasteiger partial charge in [-0.05, 0) is 64.6 Å². The Kier molecular flexibility index (Phi) is 8.35. The Morgan fingerprint density at radius 3 is 2.39 bits per heavy atom. The minimum atomic E-state index is -0.967. The molecule has 0 bridgehead atoms. The quantitative estimate of drug-likeness (QED) is 0.377. The van der Waals surface area contributed by atoms with Crippen LogP contribution in [-0.4, -0.2) is 94.5 Å². The number of carbonyl (C=O) groups excluding carboxylic acids is 2. The highest BCUT2D eigenvalue weighted by Gasteiger charge is 2.52. The van der Waals surface area contributed by atoms with Crippen molar-refractivity contribution in [2.45, 2.75) is 69.6 Å². The molecule has 0 aromatic heterocycles. The molecule has 3 aliphatic rings. The van der Waals surface area contributed by atoms with E-state index in [-0.39, 0.29) is 31.1 Å². The molecule has 0 radical (unpaired) electrons. The number of ether oxygens (including phenoxy) is 2. The van der Waals surface area contributed by atoms with Gasteiger partial charge in [0.25, 0.3) is 0 Å². The molecule has 38 heavy (non-hydrogen) atoms. The van der Waals surface area contributed by atoms with Crippen LogP contribution in [0, 0.1) is 5.92 Å². The molecule has 1 saturated carbocycles. The molecule has 9 heteroatoms. The van der Waals surface area contributed by atoms with Crippen molar-refractivity contribution in [2.75, 3.05) is 39.3 Å². The second-order valence-electron chi connectivity index (χ2n) is 11.9. The third-order valence-electron chi connectivity index (χ3n) is 7.82. The van der Waals surface area contributed by atoms with Crippen LogP contribution in [0.2, 0.25) is 0 Å². The molecule has 3 fully saturated rings. The first-order chi connectivity index (χ1) is 18.0. The fourth-order valence-corrected chi connectivity index (χ4v) is 5.88. The summed E-state index contributed by atoms with van der Waals surface area (Å²) in [6, 6.07) is 10.4. The van der Waals surface area contributed by atoms with Crippen molar-refractivity contribution in [1.29, 1.82) is 0 Å². The minimum absolute atomic E-state index is 0.127. The summed E-state index contributed by atoms with van der Waals surface area (Å²) in [5.41, 5.74) is 0.111. The topological polar surface area (TPSA) is 99.6 Å². The second-order valence-corrected chi connectivity index (χ2v) is 11.9. The molecule has 1 aromatic rings. The summed E-state index contributed by atoms with van der Waals surface area (Å²) < 4.78 is 11.0. The summed E-state index contributed by atoms with van der Waals surface area (Å²) >= 11 is 0. The number of piperidine rings is 1. The van der Waals surface area contributed by atoms with E-state index >= 15 is 0 Å². The Bertz CT molecular complexity index is 1010. The lowest BCUT2D eigenvalue weighted by Crippen LogP contribution is -2.72. The first-order valence-corrected chi connectivity index (χ1v) is 13.6. The Morgan fingerprint density at radius 2 is 1.82 bits per heavy atom. The fraction of sp³-hybridized carbons (Fsp3) is 0.621. The Labute approximate surface area is 225 Å². The van der Waals surface area contributed by atoms with Crippen molar-refractivity contribution in [3.05, 3.63) is 48.6 Å². The molecule has 0 unspecified atom stereocenters. The smallest absolute Gasteiger partial charge is 0.410 e. The monoisotopic (exact) mass is 527 g/mol. The number of hydrogen-bond acceptors (Lipinski definition) is 6. The molecule has 0 spiro atoms. The molecule has 2 aliphatic heterocycles. The maximum Gasteiger partial charge on any atom is 0.410 e. The van der Waals surface area contributed by atoms with Crippen LogP contribution >= 0.6 is 0 Å². The van der Waals surface area contributed by atoms with Gasteiger partial charge in [-0.15, -0.1) is 0 Å². The van der Waals surface area contributed by atoms with E-state index in [1.807, 2.05) is 43.9 Å². The highest BCUT2D eigenvalue weighted by atomic mass is 16.6. The average Bonchev–Trinajstić information content (AvgIpc) is 3.63. The Balaban J connectivity index is 1.38. The normalized spacial score (nSPS) is 23.2. The molecule has 9 nitrogen and oxygen atoms in total. The van der Waals surface area contributed by atoms with E-state index in [2.05, 4.69) is 23.6 Å². The standard InChI is InChI=1S/C29H41N3O6/c1-5-15-37-27(36)32(24-16-23(24)22-9-7-6-8-10-22)18-21-11-13-31(14-12-21)29(19-30(20-29)26(34)35)17-25(33)38-28(2,3)4/h5-10,21,23-24H,1,11-20H2,2-4H3,(H,34,35)/t23-,24+/m0/s1. The van der Waals surface area contributed by atoms with Gasteiger partial charge in [0.1, 0.15) is 12.2 Å². The van der Waals surface area contributed by atoms with Gasteiger partial charge in [0.15, 0.2) is 0 Å². The predicted octanol–water partition coefficient (Wildman–Crippen LogP) is 4.34. The van der Waals surface area contributed by atoms with Gasteiger partial charge in [-0.2, -0.15) is 0 Å². The number of benzene rings is 1. The van der Waals surface area contributed by atoms with Crippen LogP contribution < -0.4 is 0 Å². The number of carboxylic acid groups (broad SMARTS) is 1. The number of hydrogen-bond donors (Lipinski definition) is 1. The number of esters is 1. The number of rotatable bonds is 9. The lowest BCUT2D eigenvalue weighted by atomic mass is 9.81. The Morgan fingerprint density at radius 1 is 1.16 bits per heavy atom. The SMILES string of the molecule is C=CCOC(=O)N(CC1CCN(C2(CC(=O)OC(C)(C)C)CN(C(=O)O)C2)CC1)[C@@H]1C[C@H]1c1ccccc1. The summed E-state index contributed by atoms with van der Waals surface area (Å²) in [6.45, 7) is 12.0. The maximum atomic E-state index is 13.0. The summed E-state index contributed by atoms with van der Waals surface area (Å²) in [5.74, 6) is 0.317. The van der Waals surface area contributed by atoms with Crippen molar-refractivity contribution in [2.24, 2.45) is 5.92 Å². The molecular formula is C29H41N3O6. The average molecular weight is 528 g/mol. The van der Waals surface area contributed by atoms with Crippen LogP contribution in [-0.2, 0) is 14.3 Å². The van der Waals surface area contributed by atoms with Crippen molar-refractivity contribution >= 4 is 18.2 Å². The van der Waals surface area contributed by atoms with Crippen molar-refractivity contribution < 1.29 is 29.0 Å². The van der Waals surface area contributed by atoms with E-state index in [1.165, 1.54) is 10.5 Å². The van der Waals surface area contributed by atoms with Gasteiger partial charge in [0.05, 0.1) is 12.0 Å². The number of amides is 2. The predicted molar refractivity (Wildman–Crippen MR) is 143 cm³/mol. The van der Waals surface area contributed by atoms with Gasteiger partial charge >= 0.3 is 18.2 Å². The van der Waals surface area contributed by atoms with E-state index in [4.69, 9.17) is 9.47 Å². The van der Waals surface area contributed by atoms with E-state index < -0.39 is 17.2 Å². The van der Waals surface area contributed by atoms with Gasteiger partial charge in [-0.3, -0.25) is 9.69 Å². The van der Waals surface area contributed by atoms with E-state index in [0.29, 0.717) is 31.5 Å². The third-order valence-corrected chi connectivity index (χ3v) is 7.82. The highest BCUT2D eigenvalue weighted by Crippen LogP contribution is 2.45. The van der Waals surface area contributed by atoms with Crippen LogP contribution in [0.15, 0.2) is 43.0 Å². The zero-order valence-electron chi connectivity index (χ0n) is 22.8.